The number of benzene rings is 1. The molecule has 1 aromatic carbocycles. The van der Waals surface area contributed by atoms with Crippen molar-refractivity contribution in [1.29, 1.82) is 0 Å². The van der Waals surface area contributed by atoms with Gasteiger partial charge in [-0.15, -0.1) is 0 Å². The van der Waals surface area contributed by atoms with Gasteiger partial charge in [0, 0.05) is 19.0 Å². The number of rotatable bonds is 3. The maximum Gasteiger partial charge on any atom is 0.225 e. The van der Waals surface area contributed by atoms with Crippen LogP contribution >= 0.6 is 0 Å². The molecule has 1 aromatic rings. The first kappa shape index (κ1) is 15.5. The molecule has 3 nitrogen and oxygen atoms in total. The van der Waals surface area contributed by atoms with Crippen LogP contribution in [0.3, 0.4) is 0 Å². The van der Waals surface area contributed by atoms with Crippen LogP contribution in [0.1, 0.15) is 50.5 Å². The molecule has 1 saturated heterocycles. The summed E-state index contributed by atoms with van der Waals surface area (Å²) in [5.41, 5.74) is 1.44. The molecule has 2 fully saturated rings. The van der Waals surface area contributed by atoms with Crippen LogP contribution in [0.5, 0.6) is 0 Å². The molecule has 0 radical (unpaired) electrons. The van der Waals surface area contributed by atoms with Gasteiger partial charge in [0.25, 0.3) is 0 Å². The molecule has 1 heterocycles. The second kappa shape index (κ2) is 7.28. The lowest BCUT2D eigenvalue weighted by Crippen LogP contribution is -2.48. The predicted molar refractivity (Wildman–Crippen MR) is 87.8 cm³/mol. The van der Waals surface area contributed by atoms with E-state index in [-0.39, 0.29) is 12.0 Å². The third kappa shape index (κ3) is 3.52. The van der Waals surface area contributed by atoms with Gasteiger partial charge in [-0.3, -0.25) is 4.79 Å². The van der Waals surface area contributed by atoms with E-state index < -0.39 is 0 Å². The van der Waals surface area contributed by atoms with Crippen molar-refractivity contribution < 1.29 is 9.53 Å². The van der Waals surface area contributed by atoms with Gasteiger partial charge in [-0.25, -0.2) is 0 Å². The fourth-order valence-electron chi connectivity index (χ4n) is 3.82. The summed E-state index contributed by atoms with van der Waals surface area (Å²) >= 11 is 0. The van der Waals surface area contributed by atoms with Crippen LogP contribution in [-0.4, -0.2) is 36.6 Å². The molecule has 1 amide bonds. The van der Waals surface area contributed by atoms with E-state index in [2.05, 4.69) is 37.3 Å². The van der Waals surface area contributed by atoms with Gasteiger partial charge >= 0.3 is 0 Å². The first-order valence-electron chi connectivity index (χ1n) is 8.73. The Kier molecular flexibility index (Phi) is 5.14. The second-order valence-electron chi connectivity index (χ2n) is 6.64. The molecule has 0 bridgehead atoms. The van der Waals surface area contributed by atoms with Gasteiger partial charge in [-0.1, -0.05) is 37.3 Å². The zero-order chi connectivity index (χ0) is 15.4. The Bertz CT molecular complexity index is 479. The molecule has 22 heavy (non-hydrogen) atoms. The van der Waals surface area contributed by atoms with Crippen LogP contribution in [0.4, 0.5) is 0 Å². The van der Waals surface area contributed by atoms with E-state index in [1.165, 1.54) is 5.56 Å². The van der Waals surface area contributed by atoms with E-state index in [9.17, 15) is 4.79 Å². The molecule has 1 unspecified atom stereocenters. The molecule has 120 valence electrons. The summed E-state index contributed by atoms with van der Waals surface area (Å²) in [4.78, 5) is 14.8. The fraction of sp³-hybridized carbons (Fsp3) is 0.632. The zero-order valence-corrected chi connectivity index (χ0v) is 13.5. The normalized spacial score (nSPS) is 29.3. The largest absolute Gasteiger partial charge is 0.375 e. The van der Waals surface area contributed by atoms with Gasteiger partial charge in [-0.05, 0) is 43.6 Å². The number of amides is 1. The van der Waals surface area contributed by atoms with Crippen molar-refractivity contribution in [2.24, 2.45) is 5.92 Å². The van der Waals surface area contributed by atoms with Gasteiger partial charge in [-0.2, -0.15) is 0 Å². The number of carbonyl (C=O) groups is 1. The van der Waals surface area contributed by atoms with E-state index in [1.54, 1.807) is 0 Å². The van der Waals surface area contributed by atoms with Gasteiger partial charge < -0.3 is 9.64 Å². The van der Waals surface area contributed by atoms with Gasteiger partial charge in [0.05, 0.1) is 12.7 Å². The number of carbonyl (C=O) groups excluding carboxylic acids is 1. The highest BCUT2D eigenvalue weighted by Crippen LogP contribution is 2.36. The molecular formula is C19H27NO2. The van der Waals surface area contributed by atoms with Crippen LogP contribution in [0, 0.1) is 5.92 Å². The van der Waals surface area contributed by atoms with Crippen LogP contribution < -0.4 is 0 Å². The summed E-state index contributed by atoms with van der Waals surface area (Å²) in [6.45, 7) is 4.38. The van der Waals surface area contributed by atoms with Gasteiger partial charge in [0.15, 0.2) is 0 Å². The van der Waals surface area contributed by atoms with Crippen molar-refractivity contribution in [3.63, 3.8) is 0 Å². The molecule has 1 aliphatic carbocycles. The Morgan fingerprint density at radius 3 is 2.59 bits per heavy atom. The molecule has 0 spiro atoms. The summed E-state index contributed by atoms with van der Waals surface area (Å²) in [5.74, 6) is 1.24. The Hall–Kier alpha value is -1.35. The molecule has 2 aliphatic rings. The Morgan fingerprint density at radius 2 is 1.91 bits per heavy atom. The van der Waals surface area contributed by atoms with Gasteiger partial charge in [0.1, 0.15) is 0 Å². The molecule has 3 rings (SSSR count). The molecule has 1 aliphatic heterocycles. The smallest absolute Gasteiger partial charge is 0.225 e. The second-order valence-corrected chi connectivity index (χ2v) is 6.64. The summed E-state index contributed by atoms with van der Waals surface area (Å²) in [6.07, 6.45) is 5.58. The SMILES string of the molecule is CCC1CN(C(=O)C2CCC(c3ccccc3)CC2)CCO1. The van der Waals surface area contributed by atoms with Crippen molar-refractivity contribution in [2.45, 2.75) is 51.0 Å². The molecule has 0 aromatic heterocycles. The summed E-state index contributed by atoms with van der Waals surface area (Å²) in [6, 6.07) is 10.7. The zero-order valence-electron chi connectivity index (χ0n) is 13.5. The first-order chi connectivity index (χ1) is 10.8. The average Bonchev–Trinajstić information content (AvgIpc) is 2.62. The lowest BCUT2D eigenvalue weighted by Gasteiger charge is -2.36. The number of hydrogen-bond donors (Lipinski definition) is 0. The number of morpholine rings is 1. The van der Waals surface area contributed by atoms with E-state index in [1.807, 2.05) is 4.90 Å². The van der Waals surface area contributed by atoms with Gasteiger partial charge in [0.2, 0.25) is 5.91 Å². The number of hydrogen-bond acceptors (Lipinski definition) is 2. The number of ether oxygens (including phenoxy) is 1. The highest BCUT2D eigenvalue weighted by Gasteiger charge is 2.32. The summed E-state index contributed by atoms with van der Waals surface area (Å²) < 4.78 is 5.68. The van der Waals surface area contributed by atoms with E-state index in [0.717, 1.165) is 45.2 Å². The highest BCUT2D eigenvalue weighted by atomic mass is 16.5. The topological polar surface area (TPSA) is 29.5 Å². The fourth-order valence-corrected chi connectivity index (χ4v) is 3.82. The molecule has 3 heteroatoms. The van der Waals surface area contributed by atoms with Crippen LogP contribution in [0.15, 0.2) is 30.3 Å². The van der Waals surface area contributed by atoms with Crippen LogP contribution in [0.2, 0.25) is 0 Å². The van der Waals surface area contributed by atoms with Crippen LogP contribution in [0.25, 0.3) is 0 Å². The maximum atomic E-state index is 12.7. The van der Waals surface area contributed by atoms with Crippen molar-refractivity contribution in [3.05, 3.63) is 35.9 Å². The third-order valence-electron chi connectivity index (χ3n) is 5.25. The minimum atomic E-state index is 0.232. The minimum Gasteiger partial charge on any atom is -0.375 e. The Labute approximate surface area is 133 Å². The van der Waals surface area contributed by atoms with Crippen molar-refractivity contribution in [3.8, 4) is 0 Å². The quantitative estimate of drug-likeness (QED) is 0.853. The predicted octanol–water partition coefficient (Wildman–Crippen LogP) is 3.60. The monoisotopic (exact) mass is 301 g/mol. The van der Waals surface area contributed by atoms with Crippen molar-refractivity contribution >= 4 is 5.91 Å². The Balaban J connectivity index is 1.53. The van der Waals surface area contributed by atoms with Crippen LogP contribution in [-0.2, 0) is 9.53 Å². The van der Waals surface area contributed by atoms with E-state index >= 15 is 0 Å². The summed E-state index contributed by atoms with van der Waals surface area (Å²) in [7, 11) is 0. The third-order valence-corrected chi connectivity index (χ3v) is 5.25. The Morgan fingerprint density at radius 1 is 1.18 bits per heavy atom. The average molecular weight is 301 g/mol. The summed E-state index contributed by atoms with van der Waals surface area (Å²) in [5, 5.41) is 0. The molecule has 1 saturated carbocycles. The standard InChI is InChI=1S/C19H27NO2/c1-2-18-14-20(12-13-22-18)19(21)17-10-8-16(9-11-17)15-6-4-3-5-7-15/h3-7,16-18H,2,8-14H2,1H3. The maximum absolute atomic E-state index is 12.7. The van der Waals surface area contributed by atoms with Crippen molar-refractivity contribution in [1.82, 2.24) is 4.90 Å². The molecule has 0 N–H and O–H groups in total. The lowest BCUT2D eigenvalue weighted by atomic mass is 9.78. The molecular weight excluding hydrogens is 274 g/mol. The highest BCUT2D eigenvalue weighted by molar-refractivity contribution is 5.79. The number of nitrogens with zero attached hydrogens (tertiary/aromatic N) is 1. The van der Waals surface area contributed by atoms with E-state index in [0.29, 0.717) is 18.4 Å². The van der Waals surface area contributed by atoms with E-state index in [4.69, 9.17) is 4.74 Å². The minimum absolute atomic E-state index is 0.232. The lowest BCUT2D eigenvalue weighted by molar-refractivity contribution is -0.144. The van der Waals surface area contributed by atoms with Crippen molar-refractivity contribution in [2.75, 3.05) is 19.7 Å². The first-order valence-corrected chi connectivity index (χ1v) is 8.73. The molecule has 1 atom stereocenters.